The first-order valence-electron chi connectivity index (χ1n) is 5.86. The Balaban J connectivity index is 0. The number of ether oxygens (including phenoxy) is 1. The number of guanidine groups is 1. The van der Waals surface area contributed by atoms with Crippen molar-refractivity contribution in [1.29, 1.82) is 0 Å². The predicted molar refractivity (Wildman–Crippen MR) is 88.9 cm³/mol. The molecule has 0 saturated heterocycles. The highest BCUT2D eigenvalue weighted by molar-refractivity contribution is 14.0. The molecule has 2 N–H and O–H groups in total. The van der Waals surface area contributed by atoms with Gasteiger partial charge in [0.2, 0.25) is 0 Å². The van der Waals surface area contributed by atoms with Crippen molar-refractivity contribution in [2.75, 3.05) is 45.4 Å². The summed E-state index contributed by atoms with van der Waals surface area (Å²) in [6.45, 7) is 5.60. The maximum Gasteiger partial charge on any atom is 0.191 e. The van der Waals surface area contributed by atoms with Gasteiger partial charge in [0.05, 0.1) is 0 Å². The Morgan fingerprint density at radius 3 is 2.53 bits per heavy atom. The maximum atomic E-state index is 5.27. The van der Waals surface area contributed by atoms with Crippen LogP contribution >= 0.6 is 35.7 Å². The van der Waals surface area contributed by atoms with Crippen LogP contribution in [0.15, 0.2) is 4.99 Å². The number of hydrogen-bond acceptors (Lipinski definition) is 3. The summed E-state index contributed by atoms with van der Waals surface area (Å²) in [7, 11) is 1.80. The number of nitrogens with one attached hydrogen (secondary N) is 2. The third-order valence-electron chi connectivity index (χ3n) is 2.03. The number of rotatable bonds is 9. The summed E-state index contributed by atoms with van der Waals surface area (Å²) in [5.41, 5.74) is 0. The zero-order valence-corrected chi connectivity index (χ0v) is 14.3. The zero-order chi connectivity index (χ0) is 12.1. The molecule has 0 unspecified atom stereocenters. The minimum Gasteiger partial charge on any atom is -0.382 e. The smallest absolute Gasteiger partial charge is 0.191 e. The molecular formula is C11H26IN3OS. The van der Waals surface area contributed by atoms with Crippen molar-refractivity contribution in [2.24, 2.45) is 4.99 Å². The van der Waals surface area contributed by atoms with E-state index in [1.807, 2.05) is 18.7 Å². The fraction of sp³-hybridized carbons (Fsp3) is 0.909. The van der Waals surface area contributed by atoms with E-state index in [9.17, 15) is 0 Å². The van der Waals surface area contributed by atoms with Crippen LogP contribution in [0, 0.1) is 0 Å². The van der Waals surface area contributed by atoms with Crippen LogP contribution < -0.4 is 10.6 Å². The highest BCUT2D eigenvalue weighted by Crippen LogP contribution is 1.89. The molecule has 4 nitrogen and oxygen atoms in total. The van der Waals surface area contributed by atoms with E-state index >= 15 is 0 Å². The first-order chi connectivity index (χ1) is 7.85. The summed E-state index contributed by atoms with van der Waals surface area (Å²) in [5.74, 6) is 2.00. The van der Waals surface area contributed by atoms with Crippen molar-refractivity contribution in [3.8, 4) is 0 Å². The third kappa shape index (κ3) is 14.2. The molecule has 0 aromatic carbocycles. The standard InChI is InChI=1S/C11H25N3OS.HI/c1-4-15-9-6-5-7-13-11(12-2)14-8-10-16-3;/h4-10H2,1-3H3,(H2,12,13,14);1H. The lowest BCUT2D eigenvalue weighted by Crippen LogP contribution is -2.38. The average molecular weight is 375 g/mol. The molecular weight excluding hydrogens is 349 g/mol. The Kier molecular flexibility index (Phi) is 18.8. The fourth-order valence-corrected chi connectivity index (χ4v) is 1.48. The number of hydrogen-bond donors (Lipinski definition) is 2. The lowest BCUT2D eigenvalue weighted by Gasteiger charge is -2.11. The second kappa shape index (κ2) is 16.3. The highest BCUT2D eigenvalue weighted by atomic mass is 127. The SMILES string of the molecule is CCOCCCCNC(=NC)NCCSC.I. The van der Waals surface area contributed by atoms with E-state index in [2.05, 4.69) is 21.9 Å². The van der Waals surface area contributed by atoms with Gasteiger partial charge in [0.1, 0.15) is 0 Å². The van der Waals surface area contributed by atoms with Crippen molar-refractivity contribution in [2.45, 2.75) is 19.8 Å². The lowest BCUT2D eigenvalue weighted by molar-refractivity contribution is 0.143. The molecule has 0 bridgehead atoms. The second-order valence-corrected chi connectivity index (χ2v) is 4.31. The van der Waals surface area contributed by atoms with E-state index in [0.717, 1.165) is 50.9 Å². The molecule has 0 spiro atoms. The molecule has 0 amide bonds. The second-order valence-electron chi connectivity index (χ2n) is 3.32. The van der Waals surface area contributed by atoms with Crippen LogP contribution in [0.1, 0.15) is 19.8 Å². The summed E-state index contributed by atoms with van der Waals surface area (Å²) in [6.07, 6.45) is 4.32. The Morgan fingerprint density at radius 2 is 1.94 bits per heavy atom. The van der Waals surface area contributed by atoms with Crippen molar-refractivity contribution in [1.82, 2.24) is 10.6 Å². The first-order valence-corrected chi connectivity index (χ1v) is 7.25. The van der Waals surface area contributed by atoms with Crippen LogP contribution in [0.3, 0.4) is 0 Å². The van der Waals surface area contributed by atoms with Gasteiger partial charge in [0.25, 0.3) is 0 Å². The van der Waals surface area contributed by atoms with Gasteiger partial charge in [-0.3, -0.25) is 4.99 Å². The lowest BCUT2D eigenvalue weighted by atomic mass is 10.3. The molecule has 0 aliphatic carbocycles. The number of nitrogens with zero attached hydrogens (tertiary/aromatic N) is 1. The van der Waals surface area contributed by atoms with Crippen LogP contribution in [-0.2, 0) is 4.74 Å². The van der Waals surface area contributed by atoms with Crippen LogP contribution in [0.4, 0.5) is 0 Å². The summed E-state index contributed by atoms with van der Waals surface area (Å²) >= 11 is 1.83. The fourth-order valence-electron chi connectivity index (χ4n) is 1.17. The van der Waals surface area contributed by atoms with Crippen LogP contribution in [-0.4, -0.2) is 51.3 Å². The molecule has 0 rings (SSSR count). The number of unbranched alkanes of at least 4 members (excludes halogenated alkanes) is 1. The molecule has 0 radical (unpaired) electrons. The molecule has 0 aromatic rings. The zero-order valence-electron chi connectivity index (χ0n) is 11.1. The molecule has 104 valence electrons. The Labute approximate surface area is 127 Å². The monoisotopic (exact) mass is 375 g/mol. The molecule has 0 aromatic heterocycles. The molecule has 0 heterocycles. The summed E-state index contributed by atoms with van der Waals surface area (Å²) in [6, 6.07) is 0. The Bertz CT molecular complexity index is 182. The van der Waals surface area contributed by atoms with Crippen molar-refractivity contribution < 1.29 is 4.74 Å². The molecule has 0 atom stereocenters. The van der Waals surface area contributed by atoms with Gasteiger partial charge < -0.3 is 15.4 Å². The quantitative estimate of drug-likeness (QED) is 0.280. The van der Waals surface area contributed by atoms with Crippen LogP contribution in [0.25, 0.3) is 0 Å². The van der Waals surface area contributed by atoms with E-state index in [0.29, 0.717) is 0 Å². The topological polar surface area (TPSA) is 45.6 Å². The van der Waals surface area contributed by atoms with Gasteiger partial charge in [-0.15, -0.1) is 24.0 Å². The normalized spacial score (nSPS) is 10.9. The van der Waals surface area contributed by atoms with Gasteiger partial charge in [-0.25, -0.2) is 0 Å². The van der Waals surface area contributed by atoms with Crippen molar-refractivity contribution >= 4 is 41.7 Å². The average Bonchev–Trinajstić information content (AvgIpc) is 2.31. The largest absolute Gasteiger partial charge is 0.382 e. The van der Waals surface area contributed by atoms with Gasteiger partial charge in [-0.05, 0) is 26.0 Å². The molecule has 0 fully saturated rings. The molecule has 6 heteroatoms. The molecule has 17 heavy (non-hydrogen) atoms. The number of thioether (sulfide) groups is 1. The minimum absolute atomic E-state index is 0. The Morgan fingerprint density at radius 1 is 1.24 bits per heavy atom. The predicted octanol–water partition coefficient (Wildman–Crippen LogP) is 1.95. The van der Waals surface area contributed by atoms with Gasteiger partial charge in [-0.1, -0.05) is 0 Å². The Hall–Kier alpha value is 0.310. The van der Waals surface area contributed by atoms with Gasteiger partial charge in [-0.2, -0.15) is 11.8 Å². The van der Waals surface area contributed by atoms with E-state index < -0.39 is 0 Å². The highest BCUT2D eigenvalue weighted by Gasteiger charge is 1.95. The number of halogens is 1. The van der Waals surface area contributed by atoms with Gasteiger partial charge in [0, 0.05) is 39.1 Å². The first kappa shape index (κ1) is 19.6. The summed E-state index contributed by atoms with van der Waals surface area (Å²) in [5, 5.41) is 6.54. The van der Waals surface area contributed by atoms with Crippen LogP contribution in [0.2, 0.25) is 0 Å². The van der Waals surface area contributed by atoms with Crippen LogP contribution in [0.5, 0.6) is 0 Å². The molecule has 0 aliphatic heterocycles. The van der Waals surface area contributed by atoms with Gasteiger partial charge >= 0.3 is 0 Å². The minimum atomic E-state index is 0. The van der Waals surface area contributed by atoms with Crippen molar-refractivity contribution in [3.63, 3.8) is 0 Å². The van der Waals surface area contributed by atoms with Gasteiger partial charge in [0.15, 0.2) is 5.96 Å². The van der Waals surface area contributed by atoms with E-state index in [1.54, 1.807) is 7.05 Å². The molecule has 0 aliphatic rings. The van der Waals surface area contributed by atoms with E-state index in [1.165, 1.54) is 0 Å². The number of aliphatic imine (C=N–C) groups is 1. The van der Waals surface area contributed by atoms with Crippen molar-refractivity contribution in [3.05, 3.63) is 0 Å². The van der Waals surface area contributed by atoms with E-state index in [4.69, 9.17) is 4.74 Å². The summed E-state index contributed by atoms with van der Waals surface area (Å²) < 4.78 is 5.27. The third-order valence-corrected chi connectivity index (χ3v) is 2.65. The summed E-state index contributed by atoms with van der Waals surface area (Å²) in [4.78, 5) is 4.15. The maximum absolute atomic E-state index is 5.27. The molecule has 0 saturated carbocycles. The van der Waals surface area contributed by atoms with E-state index in [-0.39, 0.29) is 24.0 Å².